The normalized spacial score (nSPS) is 18.8. The first kappa shape index (κ1) is 17.1. The van der Waals surface area contributed by atoms with E-state index in [0.717, 1.165) is 6.42 Å². The van der Waals surface area contributed by atoms with Crippen LogP contribution < -0.4 is 14.8 Å². The van der Waals surface area contributed by atoms with Crippen molar-refractivity contribution in [2.45, 2.75) is 19.8 Å². The van der Waals surface area contributed by atoms with Crippen molar-refractivity contribution >= 4 is 33.2 Å². The number of sulfonamides is 1. The van der Waals surface area contributed by atoms with Crippen molar-refractivity contribution in [3.05, 3.63) is 23.2 Å². The molecule has 0 bridgehead atoms. The molecule has 2 rings (SSSR count). The fraction of sp³-hybridized carbons (Fsp3) is 0.500. The lowest BCUT2D eigenvalue weighted by Gasteiger charge is -2.20. The average molecular weight is 347 g/mol. The highest BCUT2D eigenvalue weighted by atomic mass is 35.5. The van der Waals surface area contributed by atoms with Gasteiger partial charge in [-0.3, -0.25) is 4.79 Å². The monoisotopic (exact) mass is 346 g/mol. The molecule has 1 saturated heterocycles. The first-order chi connectivity index (χ1) is 10.3. The molecule has 1 fully saturated rings. The summed E-state index contributed by atoms with van der Waals surface area (Å²) in [6.07, 6.45) is 0.986. The van der Waals surface area contributed by atoms with E-state index in [9.17, 15) is 13.2 Å². The maximum absolute atomic E-state index is 12.2. The fourth-order valence-electron chi connectivity index (χ4n) is 2.49. The van der Waals surface area contributed by atoms with Crippen molar-refractivity contribution in [3.63, 3.8) is 0 Å². The number of halogens is 1. The van der Waals surface area contributed by atoms with Gasteiger partial charge in [-0.05, 0) is 24.6 Å². The molecule has 0 radical (unpaired) electrons. The van der Waals surface area contributed by atoms with E-state index in [1.54, 1.807) is 18.2 Å². The Morgan fingerprint density at radius 3 is 2.82 bits per heavy atom. The van der Waals surface area contributed by atoms with E-state index in [1.807, 2.05) is 6.92 Å². The number of carbonyl (C=O) groups excluding carboxylic acids is 1. The predicted octanol–water partition coefficient (Wildman–Crippen LogP) is 1.77. The largest absolute Gasteiger partial charge is 0.491 e. The zero-order chi connectivity index (χ0) is 16.3. The Bertz CT molecular complexity index is 663. The third-order valence-electron chi connectivity index (χ3n) is 3.35. The molecule has 1 aliphatic rings. The van der Waals surface area contributed by atoms with Crippen LogP contribution in [0, 0.1) is 5.92 Å². The molecule has 0 spiro atoms. The highest BCUT2D eigenvalue weighted by Gasteiger charge is 2.34. The zero-order valence-corrected chi connectivity index (χ0v) is 13.9. The first-order valence-electron chi connectivity index (χ1n) is 7.03. The molecule has 1 aliphatic heterocycles. The van der Waals surface area contributed by atoms with Crippen LogP contribution in [0.3, 0.4) is 0 Å². The number of hydrogen-bond acceptors (Lipinski definition) is 4. The molecule has 1 amide bonds. The summed E-state index contributed by atoms with van der Waals surface area (Å²) >= 11 is 6.01. The molecule has 22 heavy (non-hydrogen) atoms. The van der Waals surface area contributed by atoms with Gasteiger partial charge in [-0.1, -0.05) is 18.5 Å². The Morgan fingerprint density at radius 2 is 2.18 bits per heavy atom. The van der Waals surface area contributed by atoms with Crippen molar-refractivity contribution in [3.8, 4) is 5.75 Å². The third kappa shape index (κ3) is 4.34. The SMILES string of the molecule is CCCOc1ccc(Cl)cc1N1CC(CS(N)(=O)=O)CC1=O. The van der Waals surface area contributed by atoms with E-state index in [4.69, 9.17) is 21.5 Å². The average Bonchev–Trinajstić information content (AvgIpc) is 2.75. The Hall–Kier alpha value is -1.31. The van der Waals surface area contributed by atoms with E-state index < -0.39 is 10.0 Å². The van der Waals surface area contributed by atoms with Gasteiger partial charge in [-0.25, -0.2) is 13.6 Å². The number of amides is 1. The summed E-state index contributed by atoms with van der Waals surface area (Å²) in [5.41, 5.74) is 0.572. The molecule has 8 heteroatoms. The number of primary sulfonamides is 1. The number of benzene rings is 1. The molecule has 1 aromatic carbocycles. The van der Waals surface area contributed by atoms with Crippen molar-refractivity contribution < 1.29 is 17.9 Å². The lowest BCUT2D eigenvalue weighted by molar-refractivity contribution is -0.117. The summed E-state index contributed by atoms with van der Waals surface area (Å²) in [4.78, 5) is 13.7. The Morgan fingerprint density at radius 1 is 1.45 bits per heavy atom. The van der Waals surface area contributed by atoms with Crippen molar-refractivity contribution in [1.29, 1.82) is 0 Å². The summed E-state index contributed by atoms with van der Waals surface area (Å²) < 4.78 is 28.0. The highest BCUT2D eigenvalue weighted by Crippen LogP contribution is 2.35. The number of nitrogens with zero attached hydrogens (tertiary/aromatic N) is 1. The molecule has 1 aromatic rings. The maximum Gasteiger partial charge on any atom is 0.227 e. The van der Waals surface area contributed by atoms with Crippen LogP contribution in [0.2, 0.25) is 5.02 Å². The van der Waals surface area contributed by atoms with Crippen LogP contribution in [0.25, 0.3) is 0 Å². The molecular formula is C14H19ClN2O4S. The molecule has 0 aliphatic carbocycles. The van der Waals surface area contributed by atoms with E-state index >= 15 is 0 Å². The number of hydrogen-bond donors (Lipinski definition) is 1. The van der Waals surface area contributed by atoms with Gasteiger partial charge < -0.3 is 9.64 Å². The molecule has 0 aromatic heterocycles. The Kier molecular flexibility index (Phi) is 5.31. The minimum absolute atomic E-state index is 0.149. The van der Waals surface area contributed by atoms with Crippen molar-refractivity contribution in [2.24, 2.45) is 11.1 Å². The van der Waals surface area contributed by atoms with E-state index in [2.05, 4.69) is 0 Å². The van der Waals surface area contributed by atoms with Crippen LogP contribution in [-0.2, 0) is 14.8 Å². The molecule has 1 unspecified atom stereocenters. The highest BCUT2D eigenvalue weighted by molar-refractivity contribution is 7.89. The second-order valence-electron chi connectivity index (χ2n) is 5.36. The summed E-state index contributed by atoms with van der Waals surface area (Å²) in [5.74, 6) is -0.116. The molecule has 6 nitrogen and oxygen atoms in total. The van der Waals surface area contributed by atoms with Gasteiger partial charge in [0.25, 0.3) is 0 Å². The van der Waals surface area contributed by atoms with Crippen molar-refractivity contribution in [1.82, 2.24) is 0 Å². The molecular weight excluding hydrogens is 328 g/mol. The Balaban J connectivity index is 2.23. The van der Waals surface area contributed by atoms with Gasteiger partial charge in [0.05, 0.1) is 18.0 Å². The van der Waals surface area contributed by atoms with Gasteiger partial charge in [0.15, 0.2) is 0 Å². The van der Waals surface area contributed by atoms with E-state index in [0.29, 0.717) is 23.1 Å². The van der Waals surface area contributed by atoms with Gasteiger partial charge in [0.2, 0.25) is 15.9 Å². The predicted molar refractivity (Wildman–Crippen MR) is 85.7 cm³/mol. The quantitative estimate of drug-likeness (QED) is 0.850. The summed E-state index contributed by atoms with van der Waals surface area (Å²) in [7, 11) is -3.61. The Labute approximate surface area is 135 Å². The standard InChI is InChI=1S/C14H19ClN2O4S/c1-2-5-21-13-4-3-11(15)7-12(13)17-8-10(6-14(17)18)9-22(16,19)20/h3-4,7,10H,2,5-6,8-9H2,1H3,(H2,16,19,20). The molecule has 1 atom stereocenters. The van der Waals surface area contributed by atoms with Gasteiger partial charge in [-0.2, -0.15) is 0 Å². The summed E-state index contributed by atoms with van der Waals surface area (Å²) in [6, 6.07) is 5.07. The van der Waals surface area contributed by atoms with Crippen LogP contribution in [0.1, 0.15) is 19.8 Å². The molecule has 1 heterocycles. The second kappa shape index (κ2) is 6.85. The van der Waals surface area contributed by atoms with Crippen molar-refractivity contribution in [2.75, 3.05) is 23.8 Å². The van der Waals surface area contributed by atoms with Crippen LogP contribution in [-0.4, -0.2) is 33.2 Å². The van der Waals surface area contributed by atoms with Gasteiger partial charge >= 0.3 is 0 Å². The topological polar surface area (TPSA) is 89.7 Å². The van der Waals surface area contributed by atoms with Crippen LogP contribution >= 0.6 is 11.6 Å². The minimum Gasteiger partial charge on any atom is -0.491 e. The lowest BCUT2D eigenvalue weighted by atomic mass is 10.1. The van der Waals surface area contributed by atoms with Gasteiger partial charge in [-0.15, -0.1) is 0 Å². The third-order valence-corrected chi connectivity index (χ3v) is 4.52. The summed E-state index contributed by atoms with van der Waals surface area (Å²) in [5, 5.41) is 5.55. The number of anilines is 1. The molecule has 0 saturated carbocycles. The second-order valence-corrected chi connectivity index (χ2v) is 7.46. The first-order valence-corrected chi connectivity index (χ1v) is 9.12. The summed E-state index contributed by atoms with van der Waals surface area (Å²) in [6.45, 7) is 2.80. The van der Waals surface area contributed by atoms with E-state index in [-0.39, 0.29) is 30.5 Å². The van der Waals surface area contributed by atoms with Crippen LogP contribution in [0.4, 0.5) is 5.69 Å². The number of carbonyl (C=O) groups is 1. The maximum atomic E-state index is 12.2. The smallest absolute Gasteiger partial charge is 0.227 e. The zero-order valence-electron chi connectivity index (χ0n) is 12.3. The van der Waals surface area contributed by atoms with Crippen LogP contribution in [0.5, 0.6) is 5.75 Å². The van der Waals surface area contributed by atoms with E-state index in [1.165, 1.54) is 4.90 Å². The number of rotatable bonds is 6. The lowest BCUT2D eigenvalue weighted by Crippen LogP contribution is -2.27. The number of ether oxygens (including phenoxy) is 1. The van der Waals surface area contributed by atoms with Gasteiger partial charge in [0.1, 0.15) is 5.75 Å². The minimum atomic E-state index is -3.61. The number of nitrogens with two attached hydrogens (primary N) is 1. The van der Waals surface area contributed by atoms with Gasteiger partial charge in [0, 0.05) is 23.9 Å². The molecule has 122 valence electrons. The molecule has 2 N–H and O–H groups in total. The van der Waals surface area contributed by atoms with Crippen LogP contribution in [0.15, 0.2) is 18.2 Å². The fourth-order valence-corrected chi connectivity index (χ4v) is 3.54.